The molecule has 0 aliphatic rings. The molecule has 7 nitrogen and oxygen atoms in total. The number of carbonyl (C=O) groups is 2. The Morgan fingerprint density at radius 3 is 2.81 bits per heavy atom. The van der Waals surface area contributed by atoms with E-state index in [4.69, 9.17) is 9.84 Å². The molecule has 0 aliphatic heterocycles. The highest BCUT2D eigenvalue weighted by Crippen LogP contribution is 2.25. The first-order valence-corrected chi connectivity index (χ1v) is 6.21. The van der Waals surface area contributed by atoms with Crippen molar-refractivity contribution in [2.75, 3.05) is 12.4 Å². The second-order valence-corrected chi connectivity index (χ2v) is 4.43. The van der Waals surface area contributed by atoms with E-state index in [9.17, 15) is 9.59 Å². The number of aryl methyl sites for hydroxylation is 1. The standard InChI is InChI=1S/C14H15N3O4/c1-9-3-4-12(21-2)10(7-9)16-14(20)11-5-6-15-17(11)8-13(18)19/h3-7H,8H2,1-2H3,(H,16,20)(H,18,19). The lowest BCUT2D eigenvalue weighted by Crippen LogP contribution is -2.21. The van der Waals surface area contributed by atoms with Gasteiger partial charge in [-0.1, -0.05) is 6.07 Å². The van der Waals surface area contributed by atoms with Crippen molar-refractivity contribution >= 4 is 17.6 Å². The largest absolute Gasteiger partial charge is 0.495 e. The molecule has 110 valence electrons. The summed E-state index contributed by atoms with van der Waals surface area (Å²) in [5.41, 5.74) is 1.65. The van der Waals surface area contributed by atoms with Gasteiger partial charge in [0.1, 0.15) is 18.0 Å². The summed E-state index contributed by atoms with van der Waals surface area (Å²) >= 11 is 0. The number of nitrogens with zero attached hydrogens (tertiary/aromatic N) is 2. The van der Waals surface area contributed by atoms with Crippen molar-refractivity contribution in [1.82, 2.24) is 9.78 Å². The normalized spacial score (nSPS) is 10.2. The average Bonchev–Trinajstić information content (AvgIpc) is 2.86. The molecule has 2 aromatic rings. The SMILES string of the molecule is COc1ccc(C)cc1NC(=O)c1ccnn1CC(=O)O. The molecule has 0 fully saturated rings. The van der Waals surface area contributed by atoms with Crippen LogP contribution >= 0.6 is 0 Å². The van der Waals surface area contributed by atoms with Crippen molar-refractivity contribution in [3.63, 3.8) is 0 Å². The predicted octanol–water partition coefficient (Wildman–Crippen LogP) is 1.54. The van der Waals surface area contributed by atoms with Crippen LogP contribution < -0.4 is 10.1 Å². The third-order valence-corrected chi connectivity index (χ3v) is 2.84. The van der Waals surface area contributed by atoms with E-state index in [2.05, 4.69) is 10.4 Å². The average molecular weight is 289 g/mol. The number of methoxy groups -OCH3 is 1. The van der Waals surface area contributed by atoms with E-state index in [0.717, 1.165) is 10.2 Å². The second-order valence-electron chi connectivity index (χ2n) is 4.43. The van der Waals surface area contributed by atoms with E-state index in [1.165, 1.54) is 19.4 Å². The summed E-state index contributed by atoms with van der Waals surface area (Å²) in [6.07, 6.45) is 1.38. The first-order chi connectivity index (χ1) is 10.0. The van der Waals surface area contributed by atoms with Crippen molar-refractivity contribution in [2.45, 2.75) is 13.5 Å². The molecule has 1 aromatic carbocycles. The van der Waals surface area contributed by atoms with Crippen LogP contribution in [0.5, 0.6) is 5.75 Å². The molecule has 0 bridgehead atoms. The van der Waals surface area contributed by atoms with Crippen molar-refractivity contribution in [1.29, 1.82) is 0 Å². The number of amides is 1. The molecule has 21 heavy (non-hydrogen) atoms. The summed E-state index contributed by atoms with van der Waals surface area (Å²) in [7, 11) is 1.51. The Labute approximate surface area is 121 Å². The summed E-state index contributed by atoms with van der Waals surface area (Å²) in [5.74, 6) is -0.989. The number of carbonyl (C=O) groups excluding carboxylic acids is 1. The number of aliphatic carboxylic acids is 1. The Hall–Kier alpha value is -2.83. The lowest BCUT2D eigenvalue weighted by atomic mass is 10.2. The molecule has 0 spiro atoms. The highest BCUT2D eigenvalue weighted by molar-refractivity contribution is 6.04. The van der Waals surface area contributed by atoms with Gasteiger partial charge in [-0.15, -0.1) is 0 Å². The first kappa shape index (κ1) is 14.6. The minimum absolute atomic E-state index is 0.168. The molecule has 0 saturated carbocycles. The quantitative estimate of drug-likeness (QED) is 0.870. The van der Waals surface area contributed by atoms with Gasteiger partial charge >= 0.3 is 5.97 Å². The zero-order chi connectivity index (χ0) is 15.4. The van der Waals surface area contributed by atoms with Crippen LogP contribution in [0.15, 0.2) is 30.5 Å². The van der Waals surface area contributed by atoms with Gasteiger partial charge in [-0.3, -0.25) is 9.59 Å². The van der Waals surface area contributed by atoms with Crippen molar-refractivity contribution in [3.05, 3.63) is 41.7 Å². The molecule has 0 aliphatic carbocycles. The Morgan fingerprint density at radius 2 is 2.14 bits per heavy atom. The molecule has 7 heteroatoms. The smallest absolute Gasteiger partial charge is 0.325 e. The minimum Gasteiger partial charge on any atom is -0.495 e. The molecule has 1 amide bonds. The van der Waals surface area contributed by atoms with Gasteiger partial charge < -0.3 is 15.2 Å². The van der Waals surface area contributed by atoms with Gasteiger partial charge in [0.15, 0.2) is 0 Å². The van der Waals surface area contributed by atoms with Crippen molar-refractivity contribution in [3.8, 4) is 5.75 Å². The molecule has 0 radical (unpaired) electrons. The lowest BCUT2D eigenvalue weighted by Gasteiger charge is -2.11. The van der Waals surface area contributed by atoms with Crippen LogP contribution in [0.3, 0.4) is 0 Å². The van der Waals surface area contributed by atoms with Crippen molar-refractivity contribution < 1.29 is 19.4 Å². The fourth-order valence-electron chi connectivity index (χ4n) is 1.89. The maximum absolute atomic E-state index is 12.2. The molecule has 0 saturated heterocycles. The Bertz CT molecular complexity index is 679. The van der Waals surface area contributed by atoms with Gasteiger partial charge in [0.2, 0.25) is 0 Å². The number of carboxylic acids is 1. The second kappa shape index (κ2) is 6.08. The van der Waals surface area contributed by atoms with Crippen molar-refractivity contribution in [2.24, 2.45) is 0 Å². The van der Waals surface area contributed by atoms with E-state index in [1.54, 1.807) is 12.1 Å². The summed E-state index contributed by atoms with van der Waals surface area (Å²) in [5, 5.41) is 15.3. The lowest BCUT2D eigenvalue weighted by molar-refractivity contribution is -0.137. The Morgan fingerprint density at radius 1 is 1.38 bits per heavy atom. The number of hydrogen-bond donors (Lipinski definition) is 2. The number of carboxylic acid groups (broad SMARTS) is 1. The van der Waals surface area contributed by atoms with Crippen LogP contribution in [0.4, 0.5) is 5.69 Å². The van der Waals surface area contributed by atoms with Crippen LogP contribution in [0.25, 0.3) is 0 Å². The van der Waals surface area contributed by atoms with E-state index in [-0.39, 0.29) is 12.2 Å². The van der Waals surface area contributed by atoms with Gasteiger partial charge in [-0.2, -0.15) is 5.10 Å². The first-order valence-electron chi connectivity index (χ1n) is 6.21. The van der Waals surface area contributed by atoms with Gasteiger partial charge in [-0.25, -0.2) is 4.68 Å². The van der Waals surface area contributed by atoms with Gasteiger partial charge in [0.05, 0.1) is 12.8 Å². The molecular weight excluding hydrogens is 274 g/mol. The molecule has 1 aromatic heterocycles. The number of ether oxygens (including phenoxy) is 1. The summed E-state index contributed by atoms with van der Waals surface area (Å²) < 4.78 is 6.31. The molecule has 2 rings (SSSR count). The van der Waals surface area contributed by atoms with E-state index >= 15 is 0 Å². The summed E-state index contributed by atoms with van der Waals surface area (Å²) in [4.78, 5) is 23.0. The minimum atomic E-state index is -1.07. The fraction of sp³-hybridized carbons (Fsp3) is 0.214. The Balaban J connectivity index is 2.24. The fourth-order valence-corrected chi connectivity index (χ4v) is 1.89. The number of rotatable bonds is 5. The molecule has 2 N–H and O–H groups in total. The van der Waals surface area contributed by atoms with Crippen LogP contribution in [-0.4, -0.2) is 33.9 Å². The number of aromatic nitrogens is 2. The van der Waals surface area contributed by atoms with Gasteiger partial charge in [-0.05, 0) is 30.7 Å². The molecular formula is C14H15N3O4. The summed E-state index contributed by atoms with van der Waals surface area (Å²) in [6, 6.07) is 6.85. The van der Waals surface area contributed by atoms with E-state index in [1.807, 2.05) is 13.0 Å². The number of hydrogen-bond acceptors (Lipinski definition) is 4. The van der Waals surface area contributed by atoms with Crippen LogP contribution in [-0.2, 0) is 11.3 Å². The number of anilines is 1. The Kier molecular flexibility index (Phi) is 4.22. The van der Waals surface area contributed by atoms with E-state index in [0.29, 0.717) is 11.4 Å². The topological polar surface area (TPSA) is 93.5 Å². The number of nitrogens with one attached hydrogen (secondary N) is 1. The highest BCUT2D eigenvalue weighted by Gasteiger charge is 2.15. The van der Waals surface area contributed by atoms with Gasteiger partial charge in [0, 0.05) is 6.20 Å². The maximum atomic E-state index is 12.2. The zero-order valence-electron chi connectivity index (χ0n) is 11.7. The summed E-state index contributed by atoms with van der Waals surface area (Å²) in [6.45, 7) is 1.52. The van der Waals surface area contributed by atoms with Gasteiger partial charge in [0.25, 0.3) is 5.91 Å². The molecule has 0 atom stereocenters. The predicted molar refractivity (Wildman–Crippen MR) is 75.5 cm³/mol. The van der Waals surface area contributed by atoms with E-state index < -0.39 is 11.9 Å². The monoisotopic (exact) mass is 289 g/mol. The maximum Gasteiger partial charge on any atom is 0.325 e. The van der Waals surface area contributed by atoms with Crippen LogP contribution in [0.1, 0.15) is 16.1 Å². The third kappa shape index (κ3) is 3.38. The third-order valence-electron chi connectivity index (χ3n) is 2.84. The van der Waals surface area contributed by atoms with Crippen LogP contribution in [0.2, 0.25) is 0 Å². The highest BCUT2D eigenvalue weighted by atomic mass is 16.5. The zero-order valence-corrected chi connectivity index (χ0v) is 11.7. The molecule has 1 heterocycles. The number of benzene rings is 1. The molecule has 0 unspecified atom stereocenters. The van der Waals surface area contributed by atoms with Crippen LogP contribution in [0, 0.1) is 6.92 Å².